The van der Waals surface area contributed by atoms with Crippen LogP contribution in [0.1, 0.15) is 182 Å². The standard InChI is InChI=1S/C30H39N3O3.C29H36FN3O3/c1-20(2)24-13-10-14-25(21(3)4)27(24)31-26(34)19-32-28(35)30(15-7-6-8-16-30)33(29(32)36)18-23-12-9-11-22(5)17-23;1-19(2)23-12-9-13-24(20(3)4)26(23)31-25(34)18-32-27(35)29(14-6-5-7-15-29)33(28(32)36)17-21-10-8-11-22(30)16-21/h9-14,17,20-21H,6-8,15-16,18-19H2,1-5H3,(H,31,34);8-13,16,19-20H,5-7,14-15,17-18H2,1-4H3,(H,31,34). The van der Waals surface area contributed by atoms with Gasteiger partial charge < -0.3 is 20.4 Å². The van der Waals surface area contributed by atoms with Crippen LogP contribution in [0.2, 0.25) is 0 Å². The van der Waals surface area contributed by atoms with Crippen molar-refractivity contribution in [1.29, 1.82) is 0 Å². The first-order valence-corrected chi connectivity index (χ1v) is 26.2. The predicted molar refractivity (Wildman–Crippen MR) is 281 cm³/mol. The Labute approximate surface area is 426 Å². The molecule has 8 amide bonds. The molecule has 2 saturated carbocycles. The second-order valence-electron chi connectivity index (χ2n) is 21.7. The zero-order chi connectivity index (χ0) is 52.1. The van der Waals surface area contributed by atoms with Crippen molar-refractivity contribution in [2.45, 2.75) is 174 Å². The molecule has 0 atom stereocenters. The summed E-state index contributed by atoms with van der Waals surface area (Å²) >= 11 is 0. The van der Waals surface area contributed by atoms with Crippen LogP contribution < -0.4 is 10.6 Å². The molecule has 4 aromatic carbocycles. The molecule has 4 fully saturated rings. The zero-order valence-electron chi connectivity index (χ0n) is 43.9. The van der Waals surface area contributed by atoms with Gasteiger partial charge in [0.2, 0.25) is 11.8 Å². The fourth-order valence-electron chi connectivity index (χ4n) is 11.4. The molecule has 4 aromatic rings. The number of nitrogens with zero attached hydrogens (tertiary/aromatic N) is 4. The molecule has 2 spiro atoms. The van der Waals surface area contributed by atoms with Crippen molar-refractivity contribution < 1.29 is 33.2 Å². The normalized spacial score (nSPS) is 17.5. The number of para-hydroxylation sites is 2. The number of amides is 8. The fraction of sp³-hybridized carbons (Fsp3) is 0.492. The summed E-state index contributed by atoms with van der Waals surface area (Å²) in [5.74, 6) is -0.822. The lowest BCUT2D eigenvalue weighted by Gasteiger charge is -2.38. The molecule has 2 saturated heterocycles. The average Bonchev–Trinajstić information content (AvgIpc) is 3.62. The lowest BCUT2D eigenvalue weighted by atomic mass is 9.80. The third-order valence-electron chi connectivity index (χ3n) is 15.1. The number of carbonyl (C=O) groups excluding carboxylic acids is 6. The van der Waals surface area contributed by atoms with Crippen molar-refractivity contribution in [3.63, 3.8) is 0 Å². The van der Waals surface area contributed by atoms with Crippen LogP contribution in [-0.2, 0) is 32.3 Å². The van der Waals surface area contributed by atoms with E-state index in [-0.39, 0.29) is 72.9 Å². The van der Waals surface area contributed by atoms with Crippen LogP contribution >= 0.6 is 0 Å². The van der Waals surface area contributed by atoms with Gasteiger partial charge in [0.1, 0.15) is 30.0 Å². The maximum atomic E-state index is 13.8. The number of urea groups is 2. The molecule has 0 aromatic heterocycles. The van der Waals surface area contributed by atoms with E-state index in [0.717, 1.165) is 88.2 Å². The molecule has 2 aliphatic carbocycles. The highest BCUT2D eigenvalue weighted by molar-refractivity contribution is 6.11. The Hall–Kier alpha value is -6.37. The van der Waals surface area contributed by atoms with Gasteiger partial charge in [0.25, 0.3) is 11.8 Å². The summed E-state index contributed by atoms with van der Waals surface area (Å²) in [6.07, 6.45) is 7.94. The molecular weight excluding hydrogens is 908 g/mol. The largest absolute Gasteiger partial charge is 0.328 e. The van der Waals surface area contributed by atoms with Gasteiger partial charge >= 0.3 is 12.1 Å². The molecule has 8 rings (SSSR count). The Morgan fingerprint density at radius 1 is 0.514 bits per heavy atom. The first kappa shape index (κ1) is 53.4. The van der Waals surface area contributed by atoms with Crippen LogP contribution in [0.4, 0.5) is 25.4 Å². The molecule has 13 heteroatoms. The molecule has 72 heavy (non-hydrogen) atoms. The van der Waals surface area contributed by atoms with Gasteiger partial charge in [-0.1, -0.05) is 172 Å². The van der Waals surface area contributed by atoms with Gasteiger partial charge in [-0.05, 0) is 102 Å². The van der Waals surface area contributed by atoms with E-state index in [1.165, 1.54) is 17.0 Å². The number of hydrogen-bond donors (Lipinski definition) is 2. The maximum Gasteiger partial charge on any atom is 0.328 e. The van der Waals surface area contributed by atoms with Crippen molar-refractivity contribution in [2.75, 3.05) is 23.7 Å². The second-order valence-corrected chi connectivity index (χ2v) is 21.7. The number of halogens is 1. The van der Waals surface area contributed by atoms with E-state index in [4.69, 9.17) is 0 Å². The van der Waals surface area contributed by atoms with Gasteiger partial charge in [0, 0.05) is 24.5 Å². The Balaban J connectivity index is 0.000000211. The number of benzene rings is 4. The van der Waals surface area contributed by atoms with Gasteiger partial charge in [-0.2, -0.15) is 0 Å². The maximum absolute atomic E-state index is 13.8. The SMILES string of the molecule is CC(C)c1cccc(C(C)C)c1NC(=O)CN1C(=O)N(Cc2cccc(F)c2)C2(CCCCC2)C1=O.Cc1cccc(CN2C(=O)N(CC(=O)Nc3c(C(C)C)cccc3C(C)C)C(=O)C23CCCCC3)c1. The van der Waals surface area contributed by atoms with Crippen LogP contribution in [-0.4, -0.2) is 79.5 Å². The molecule has 12 nitrogen and oxygen atoms in total. The lowest BCUT2D eigenvalue weighted by Crippen LogP contribution is -2.50. The van der Waals surface area contributed by atoms with Crippen LogP contribution in [0, 0.1) is 12.7 Å². The Morgan fingerprint density at radius 2 is 0.861 bits per heavy atom. The monoisotopic (exact) mass is 983 g/mol. The first-order valence-electron chi connectivity index (χ1n) is 26.2. The Morgan fingerprint density at radius 3 is 1.21 bits per heavy atom. The number of carbonyl (C=O) groups is 6. The van der Waals surface area contributed by atoms with Gasteiger partial charge in [-0.25, -0.2) is 14.0 Å². The van der Waals surface area contributed by atoms with Crippen molar-refractivity contribution in [3.05, 3.63) is 130 Å². The van der Waals surface area contributed by atoms with Gasteiger partial charge in [-0.3, -0.25) is 29.0 Å². The molecule has 0 bridgehead atoms. The Kier molecular flexibility index (Phi) is 16.8. The van der Waals surface area contributed by atoms with E-state index in [9.17, 15) is 33.2 Å². The van der Waals surface area contributed by atoms with Crippen molar-refractivity contribution in [1.82, 2.24) is 19.6 Å². The van der Waals surface area contributed by atoms with Crippen LogP contribution in [0.25, 0.3) is 0 Å². The van der Waals surface area contributed by atoms with Crippen molar-refractivity contribution in [3.8, 4) is 0 Å². The summed E-state index contributed by atoms with van der Waals surface area (Å²) in [6.45, 7) is 18.6. The summed E-state index contributed by atoms with van der Waals surface area (Å²) in [6, 6.07) is 25.4. The number of aryl methyl sites for hydroxylation is 1. The summed E-state index contributed by atoms with van der Waals surface area (Å²) in [5.41, 5.74) is 6.63. The van der Waals surface area contributed by atoms with Gasteiger partial charge in [0.15, 0.2) is 0 Å². The molecule has 0 radical (unpaired) electrons. The van der Waals surface area contributed by atoms with E-state index < -0.39 is 23.0 Å². The van der Waals surface area contributed by atoms with Crippen LogP contribution in [0.5, 0.6) is 0 Å². The molecule has 384 valence electrons. The summed E-state index contributed by atoms with van der Waals surface area (Å²) in [5, 5.41) is 6.09. The topological polar surface area (TPSA) is 139 Å². The number of hydrogen-bond acceptors (Lipinski definition) is 6. The van der Waals surface area contributed by atoms with E-state index in [0.29, 0.717) is 37.8 Å². The third kappa shape index (κ3) is 11.1. The first-order chi connectivity index (χ1) is 34.3. The highest BCUT2D eigenvalue weighted by Crippen LogP contribution is 2.43. The zero-order valence-corrected chi connectivity index (χ0v) is 43.9. The summed E-state index contributed by atoms with van der Waals surface area (Å²) in [7, 11) is 0. The van der Waals surface area contributed by atoms with E-state index in [2.05, 4.69) is 72.1 Å². The van der Waals surface area contributed by atoms with Crippen molar-refractivity contribution in [2.24, 2.45) is 0 Å². The molecule has 2 heterocycles. The number of rotatable bonds is 14. The minimum Gasteiger partial charge on any atom is -0.324 e. The molecule has 4 aliphatic rings. The van der Waals surface area contributed by atoms with E-state index in [1.807, 2.05) is 61.5 Å². The van der Waals surface area contributed by atoms with Crippen LogP contribution in [0.3, 0.4) is 0 Å². The lowest BCUT2D eigenvalue weighted by molar-refractivity contribution is -0.137. The average molecular weight is 983 g/mol. The highest BCUT2D eigenvalue weighted by Gasteiger charge is 2.58. The predicted octanol–water partition coefficient (Wildman–Crippen LogP) is 12.5. The van der Waals surface area contributed by atoms with E-state index in [1.54, 1.807) is 21.9 Å². The smallest absolute Gasteiger partial charge is 0.324 e. The Bertz CT molecular complexity index is 2430. The summed E-state index contributed by atoms with van der Waals surface area (Å²) < 4.78 is 13.8. The van der Waals surface area contributed by atoms with E-state index >= 15 is 0 Å². The van der Waals surface area contributed by atoms with Gasteiger partial charge in [0.05, 0.1) is 0 Å². The third-order valence-corrected chi connectivity index (χ3v) is 15.1. The van der Waals surface area contributed by atoms with Crippen LogP contribution in [0.15, 0.2) is 84.9 Å². The second kappa shape index (κ2) is 22.6. The van der Waals surface area contributed by atoms with Crippen molar-refractivity contribution >= 4 is 47.1 Å². The quantitative estimate of drug-likeness (QED) is 0.121. The number of anilines is 2. The van der Waals surface area contributed by atoms with Gasteiger partial charge in [-0.15, -0.1) is 0 Å². The number of nitrogens with one attached hydrogen (secondary N) is 2. The summed E-state index contributed by atoms with van der Waals surface area (Å²) in [4.78, 5) is 86.9. The minimum absolute atomic E-state index is 0.133. The fourth-order valence-corrected chi connectivity index (χ4v) is 11.4. The minimum atomic E-state index is -0.971. The molecule has 2 aliphatic heterocycles. The molecular formula is C59H75FN6O6. The molecule has 2 N–H and O–H groups in total. The molecule has 0 unspecified atom stereocenters. The highest BCUT2D eigenvalue weighted by atomic mass is 19.1. The number of imide groups is 2.